The molecule has 1 aliphatic carbocycles. The van der Waals surface area contributed by atoms with Gasteiger partial charge in [-0.05, 0) is 42.5 Å². The summed E-state index contributed by atoms with van der Waals surface area (Å²) in [7, 11) is 1.41. The molecule has 0 N–H and O–H groups in total. The molecule has 0 atom stereocenters. The first-order valence-corrected chi connectivity index (χ1v) is 10.5. The average Bonchev–Trinajstić information content (AvgIpc) is 3.12. The summed E-state index contributed by atoms with van der Waals surface area (Å²) in [4.78, 5) is 21.4. The van der Waals surface area contributed by atoms with Crippen LogP contribution >= 0.6 is 0 Å². The van der Waals surface area contributed by atoms with E-state index in [9.17, 15) is 4.79 Å². The van der Waals surface area contributed by atoms with E-state index in [0.717, 1.165) is 40.8 Å². The molecule has 1 saturated carbocycles. The van der Waals surface area contributed by atoms with Crippen molar-refractivity contribution in [2.45, 2.75) is 44.6 Å². The fourth-order valence-corrected chi connectivity index (χ4v) is 4.68. The molecule has 30 heavy (non-hydrogen) atoms. The van der Waals surface area contributed by atoms with Gasteiger partial charge in [-0.1, -0.05) is 38.0 Å². The molecule has 0 unspecified atom stereocenters. The second-order valence-electron chi connectivity index (χ2n) is 7.71. The molecule has 2 heterocycles. The van der Waals surface area contributed by atoms with Gasteiger partial charge in [-0.15, -0.1) is 6.58 Å². The molecule has 5 heteroatoms. The lowest BCUT2D eigenvalue weighted by Gasteiger charge is -2.23. The molecular weight excluding hydrogens is 374 g/mol. The first kappa shape index (κ1) is 20.1. The smallest absolute Gasteiger partial charge is 0.337 e. The van der Waals surface area contributed by atoms with Crippen LogP contribution in [0.25, 0.3) is 28.4 Å². The lowest BCUT2D eigenvalue weighted by Crippen LogP contribution is -2.08. The monoisotopic (exact) mass is 401 g/mol. The number of carbonyl (C=O) groups excluding carboxylic acids is 1. The zero-order chi connectivity index (χ0) is 21.1. The maximum Gasteiger partial charge on any atom is 0.337 e. The zero-order valence-corrected chi connectivity index (χ0v) is 17.4. The van der Waals surface area contributed by atoms with Crippen LogP contribution in [0.5, 0.6) is 0 Å². The highest BCUT2D eigenvalue weighted by Crippen LogP contribution is 2.44. The number of ether oxygens (including phenoxy) is 1. The van der Waals surface area contributed by atoms with E-state index in [0.29, 0.717) is 18.0 Å². The van der Waals surface area contributed by atoms with Crippen molar-refractivity contribution >= 4 is 22.9 Å². The summed E-state index contributed by atoms with van der Waals surface area (Å²) in [6, 6.07) is 5.83. The number of hydrogen-bond acceptors (Lipinski definition) is 4. The van der Waals surface area contributed by atoms with Crippen molar-refractivity contribution < 1.29 is 9.53 Å². The van der Waals surface area contributed by atoms with E-state index in [2.05, 4.69) is 28.8 Å². The van der Waals surface area contributed by atoms with Crippen LogP contribution in [0.4, 0.5) is 0 Å². The summed E-state index contributed by atoms with van der Waals surface area (Å²) in [5, 5.41) is 1.16. The average molecular weight is 402 g/mol. The van der Waals surface area contributed by atoms with Crippen molar-refractivity contribution in [1.29, 1.82) is 0 Å². The second-order valence-corrected chi connectivity index (χ2v) is 7.71. The summed E-state index contributed by atoms with van der Waals surface area (Å²) in [5.41, 5.74) is 5.47. The Kier molecular flexibility index (Phi) is 5.79. The molecule has 0 bridgehead atoms. The standard InChI is InChI=1S/C25H27N3O2/c1-4-15-28-21-16-18(25(29)30-3)11-12-19(21)22(17-9-7-6-8-10-17)24(28)23-20(5-2)26-13-14-27-23/h4-5,11-14,16-17H,1-2,6-10,15H2,3H3. The van der Waals surface area contributed by atoms with Gasteiger partial charge in [-0.2, -0.15) is 0 Å². The van der Waals surface area contributed by atoms with Gasteiger partial charge >= 0.3 is 5.97 Å². The van der Waals surface area contributed by atoms with Gasteiger partial charge in [-0.25, -0.2) is 4.79 Å². The molecule has 0 radical (unpaired) electrons. The van der Waals surface area contributed by atoms with Crippen molar-refractivity contribution in [3.05, 3.63) is 66.6 Å². The lowest BCUT2D eigenvalue weighted by molar-refractivity contribution is 0.0601. The molecule has 1 aliphatic rings. The third kappa shape index (κ3) is 3.45. The summed E-state index contributed by atoms with van der Waals surface area (Å²) in [6.45, 7) is 8.52. The SMILES string of the molecule is C=CCn1c(-c2nccnc2C=C)c(C2CCCCC2)c2ccc(C(=O)OC)cc21. The largest absolute Gasteiger partial charge is 0.465 e. The topological polar surface area (TPSA) is 57.0 Å². The van der Waals surface area contributed by atoms with Gasteiger partial charge < -0.3 is 9.30 Å². The van der Waals surface area contributed by atoms with Gasteiger partial charge in [-0.3, -0.25) is 9.97 Å². The van der Waals surface area contributed by atoms with Gasteiger partial charge in [0.25, 0.3) is 0 Å². The molecule has 2 aromatic heterocycles. The molecular formula is C25H27N3O2. The Hall–Kier alpha value is -3.21. The van der Waals surface area contributed by atoms with Crippen molar-refractivity contribution in [3.63, 3.8) is 0 Å². The Balaban J connectivity index is 2.07. The third-order valence-electron chi connectivity index (χ3n) is 5.99. The quantitative estimate of drug-likeness (QED) is 0.389. The Morgan fingerprint density at radius 2 is 1.97 bits per heavy atom. The van der Waals surface area contributed by atoms with Gasteiger partial charge in [0.1, 0.15) is 5.69 Å². The first-order valence-electron chi connectivity index (χ1n) is 10.5. The molecule has 154 valence electrons. The third-order valence-corrected chi connectivity index (χ3v) is 5.99. The zero-order valence-electron chi connectivity index (χ0n) is 17.4. The number of allylic oxidation sites excluding steroid dienone is 1. The number of esters is 1. The lowest BCUT2D eigenvalue weighted by atomic mass is 9.82. The first-order chi connectivity index (χ1) is 14.7. The minimum absolute atomic E-state index is 0.338. The van der Waals surface area contributed by atoms with Gasteiger partial charge in [0.15, 0.2) is 0 Å². The number of methoxy groups -OCH3 is 1. The Bertz CT molecular complexity index is 1110. The predicted octanol–water partition coefficient (Wildman–Crippen LogP) is 5.76. The van der Waals surface area contributed by atoms with E-state index in [1.807, 2.05) is 18.2 Å². The van der Waals surface area contributed by atoms with Crippen LogP contribution in [0.3, 0.4) is 0 Å². The van der Waals surface area contributed by atoms with Gasteiger partial charge in [0.2, 0.25) is 0 Å². The van der Waals surface area contributed by atoms with Crippen LogP contribution in [0.15, 0.2) is 49.8 Å². The molecule has 1 aromatic carbocycles. The summed E-state index contributed by atoms with van der Waals surface area (Å²) in [5.74, 6) is 0.112. The van der Waals surface area contributed by atoms with Crippen molar-refractivity contribution in [2.75, 3.05) is 7.11 Å². The predicted molar refractivity (Wildman–Crippen MR) is 120 cm³/mol. The summed E-state index contributed by atoms with van der Waals surface area (Å²) in [6.07, 6.45) is 13.1. The second kappa shape index (κ2) is 8.66. The highest BCUT2D eigenvalue weighted by atomic mass is 16.5. The molecule has 0 amide bonds. The molecule has 0 spiro atoms. The highest BCUT2D eigenvalue weighted by Gasteiger charge is 2.28. The fraction of sp³-hybridized carbons (Fsp3) is 0.320. The Morgan fingerprint density at radius 3 is 2.67 bits per heavy atom. The number of nitrogens with zero attached hydrogens (tertiary/aromatic N) is 3. The van der Waals surface area contributed by atoms with E-state index in [4.69, 9.17) is 9.72 Å². The van der Waals surface area contributed by atoms with Crippen LogP contribution in [0.1, 0.15) is 59.6 Å². The number of fused-ring (bicyclic) bond motifs is 1. The summed E-state index contributed by atoms with van der Waals surface area (Å²) >= 11 is 0. The number of aromatic nitrogens is 3. The maximum atomic E-state index is 12.2. The van der Waals surface area contributed by atoms with Crippen LogP contribution in [-0.4, -0.2) is 27.6 Å². The highest BCUT2D eigenvalue weighted by molar-refractivity contribution is 5.99. The van der Waals surface area contributed by atoms with Gasteiger partial charge in [0, 0.05) is 29.8 Å². The van der Waals surface area contributed by atoms with E-state index < -0.39 is 0 Å². The fourth-order valence-electron chi connectivity index (χ4n) is 4.68. The number of carbonyl (C=O) groups is 1. The van der Waals surface area contributed by atoms with Crippen LogP contribution in [0, 0.1) is 0 Å². The van der Waals surface area contributed by atoms with E-state index in [1.54, 1.807) is 18.5 Å². The normalized spacial score (nSPS) is 14.6. The van der Waals surface area contributed by atoms with E-state index >= 15 is 0 Å². The van der Waals surface area contributed by atoms with Crippen molar-refractivity contribution in [1.82, 2.24) is 14.5 Å². The van der Waals surface area contributed by atoms with Crippen LogP contribution in [-0.2, 0) is 11.3 Å². The van der Waals surface area contributed by atoms with Crippen molar-refractivity contribution in [3.8, 4) is 11.4 Å². The van der Waals surface area contributed by atoms with E-state index in [1.165, 1.54) is 31.9 Å². The minimum Gasteiger partial charge on any atom is -0.465 e. The number of hydrogen-bond donors (Lipinski definition) is 0. The molecule has 5 nitrogen and oxygen atoms in total. The number of rotatable bonds is 6. The van der Waals surface area contributed by atoms with Crippen LogP contribution < -0.4 is 0 Å². The van der Waals surface area contributed by atoms with Gasteiger partial charge in [0.05, 0.1) is 24.1 Å². The Labute approximate surface area is 177 Å². The molecule has 3 aromatic rings. The molecule has 0 aliphatic heterocycles. The Morgan fingerprint density at radius 1 is 1.20 bits per heavy atom. The molecule has 1 fully saturated rings. The summed E-state index contributed by atoms with van der Waals surface area (Å²) < 4.78 is 7.16. The van der Waals surface area contributed by atoms with E-state index in [-0.39, 0.29) is 5.97 Å². The van der Waals surface area contributed by atoms with Crippen LogP contribution in [0.2, 0.25) is 0 Å². The van der Waals surface area contributed by atoms with Crippen molar-refractivity contribution in [2.24, 2.45) is 0 Å². The maximum absolute atomic E-state index is 12.2. The number of benzene rings is 1. The minimum atomic E-state index is -0.338. The molecule has 4 rings (SSSR count). The molecule has 0 saturated heterocycles.